The molecule has 0 aliphatic heterocycles. The van der Waals surface area contributed by atoms with Gasteiger partial charge in [0.1, 0.15) is 0 Å². The third kappa shape index (κ3) is 2.57. The lowest BCUT2D eigenvalue weighted by molar-refractivity contribution is -0.305. The molecular weight excluding hydrogens is 264 g/mol. The summed E-state index contributed by atoms with van der Waals surface area (Å²) in [5.41, 5.74) is 3.82. The number of benzene rings is 1. The van der Waals surface area contributed by atoms with Crippen molar-refractivity contribution in [1.82, 2.24) is 0 Å². The van der Waals surface area contributed by atoms with Gasteiger partial charge in [-0.3, -0.25) is 4.79 Å². The molecule has 0 bridgehead atoms. The third-order valence-electron chi connectivity index (χ3n) is 2.18. The van der Waals surface area contributed by atoms with E-state index in [1.807, 2.05) is 0 Å². The van der Waals surface area contributed by atoms with E-state index >= 15 is 0 Å². The van der Waals surface area contributed by atoms with Crippen molar-refractivity contribution >= 4 is 5.91 Å². The van der Waals surface area contributed by atoms with Crippen LogP contribution in [0.3, 0.4) is 0 Å². The quantitative estimate of drug-likeness (QED) is 0.844. The van der Waals surface area contributed by atoms with Crippen LogP contribution in [-0.2, 0) is 0 Å². The molecule has 8 heteroatoms. The minimum Gasteiger partial charge on any atom is -0.366 e. The number of hydrogen-bond acceptors (Lipinski definition) is 1. The maximum atomic E-state index is 13.2. The summed E-state index contributed by atoms with van der Waals surface area (Å²) < 4.78 is 74.2. The molecule has 0 saturated heterocycles. The Morgan fingerprint density at radius 2 is 1.50 bits per heavy atom. The van der Waals surface area contributed by atoms with Gasteiger partial charge in [0.25, 0.3) is 0 Å². The van der Waals surface area contributed by atoms with Crippen LogP contribution in [0.4, 0.5) is 26.3 Å². The van der Waals surface area contributed by atoms with E-state index in [2.05, 4.69) is 0 Å². The number of nitrogens with two attached hydrogens (primary N) is 1. The molecule has 0 aliphatic rings. The lowest BCUT2D eigenvalue weighted by Gasteiger charge is -2.23. The summed E-state index contributed by atoms with van der Waals surface area (Å²) in [7, 11) is 0. The van der Waals surface area contributed by atoms with Crippen LogP contribution >= 0.6 is 0 Å². The summed E-state index contributed by atoms with van der Waals surface area (Å²) in [5.74, 6) is -6.40. The van der Waals surface area contributed by atoms with Gasteiger partial charge in [-0.25, -0.2) is 4.39 Å². The first-order valence-electron chi connectivity index (χ1n) is 4.55. The normalized spacial score (nSPS) is 14.3. The molecule has 2 nitrogen and oxygen atoms in total. The minimum absolute atomic E-state index is 0.124. The Morgan fingerprint density at radius 3 is 1.83 bits per heavy atom. The van der Waals surface area contributed by atoms with Crippen LogP contribution in [0.25, 0.3) is 0 Å². The second-order valence-corrected chi connectivity index (χ2v) is 3.47. The molecule has 0 heterocycles. The first-order valence-corrected chi connectivity index (χ1v) is 4.55. The van der Waals surface area contributed by atoms with Crippen LogP contribution in [0.2, 0.25) is 0 Å². The summed E-state index contributed by atoms with van der Waals surface area (Å²) >= 11 is 0. The molecule has 0 saturated carbocycles. The van der Waals surface area contributed by atoms with Crippen molar-refractivity contribution < 1.29 is 31.1 Å². The summed E-state index contributed by atoms with van der Waals surface area (Å²) in [5, 5.41) is 0. The number of amides is 1. The van der Waals surface area contributed by atoms with Crippen LogP contribution in [0.15, 0.2) is 24.3 Å². The number of carbonyl (C=O) groups is 1. The largest absolute Gasteiger partial charge is 0.456 e. The molecular formula is C10H7F6NO. The first kappa shape index (κ1) is 14.3. The zero-order chi connectivity index (χ0) is 14.1. The Balaban J connectivity index is 3.04. The molecule has 1 rings (SSSR count). The number of alkyl halides is 6. The molecule has 100 valence electrons. The van der Waals surface area contributed by atoms with E-state index in [1.165, 1.54) is 0 Å². The Bertz CT molecular complexity index is 439. The van der Waals surface area contributed by atoms with Crippen molar-refractivity contribution in [2.75, 3.05) is 0 Å². The Kier molecular flexibility index (Phi) is 3.59. The van der Waals surface area contributed by atoms with Crippen LogP contribution in [0.1, 0.15) is 22.1 Å². The molecule has 1 aromatic rings. The van der Waals surface area contributed by atoms with E-state index in [-0.39, 0.29) is 5.56 Å². The standard InChI is InChI=1S/C10H7F6NO/c11-7(9(12,13)10(14,15)16)5-1-3-6(4-2-5)8(17)18/h1-4,7H,(H2,17,18). The number of carbonyl (C=O) groups excluding carboxylic acids is 1. The van der Waals surface area contributed by atoms with E-state index in [1.54, 1.807) is 0 Å². The number of rotatable bonds is 3. The highest BCUT2D eigenvalue weighted by atomic mass is 19.4. The van der Waals surface area contributed by atoms with E-state index in [4.69, 9.17) is 5.73 Å². The molecule has 0 aromatic heterocycles. The summed E-state index contributed by atoms with van der Waals surface area (Å²) in [6, 6.07) is 3.06. The maximum Gasteiger partial charge on any atom is 0.456 e. The SMILES string of the molecule is NC(=O)c1ccc(C(F)C(F)(F)C(F)(F)F)cc1. The predicted octanol–water partition coefficient (Wildman–Crippen LogP) is 2.99. The van der Waals surface area contributed by atoms with Crippen molar-refractivity contribution in [3.8, 4) is 0 Å². The number of halogens is 6. The topological polar surface area (TPSA) is 43.1 Å². The summed E-state index contributed by atoms with van der Waals surface area (Å²) in [4.78, 5) is 10.6. The smallest absolute Gasteiger partial charge is 0.366 e. The number of hydrogen-bond donors (Lipinski definition) is 1. The highest BCUT2D eigenvalue weighted by Crippen LogP contribution is 2.46. The van der Waals surface area contributed by atoms with E-state index < -0.39 is 29.7 Å². The number of primary amides is 1. The van der Waals surface area contributed by atoms with Gasteiger partial charge in [-0.2, -0.15) is 22.0 Å². The Labute approximate surface area is 97.4 Å². The summed E-state index contributed by atoms with van der Waals surface area (Å²) in [6.45, 7) is 0. The maximum absolute atomic E-state index is 13.2. The van der Waals surface area contributed by atoms with Gasteiger partial charge in [0, 0.05) is 5.56 Å². The van der Waals surface area contributed by atoms with Crippen molar-refractivity contribution in [1.29, 1.82) is 0 Å². The zero-order valence-corrected chi connectivity index (χ0v) is 8.64. The molecule has 1 atom stereocenters. The molecule has 0 fully saturated rings. The summed E-state index contributed by atoms with van der Waals surface area (Å²) in [6.07, 6.45) is -9.53. The molecule has 0 aliphatic carbocycles. The van der Waals surface area contributed by atoms with E-state index in [0.717, 1.165) is 12.1 Å². The van der Waals surface area contributed by atoms with Crippen LogP contribution in [-0.4, -0.2) is 18.0 Å². The molecule has 18 heavy (non-hydrogen) atoms. The minimum atomic E-state index is -5.99. The van der Waals surface area contributed by atoms with Gasteiger partial charge in [0.2, 0.25) is 5.91 Å². The van der Waals surface area contributed by atoms with Crippen molar-refractivity contribution in [2.24, 2.45) is 5.73 Å². The molecule has 1 aromatic carbocycles. The average molecular weight is 271 g/mol. The van der Waals surface area contributed by atoms with E-state index in [9.17, 15) is 31.1 Å². The van der Waals surface area contributed by atoms with Gasteiger partial charge in [-0.1, -0.05) is 12.1 Å². The highest BCUT2D eigenvalue weighted by molar-refractivity contribution is 5.92. The van der Waals surface area contributed by atoms with Gasteiger partial charge in [0.15, 0.2) is 6.17 Å². The molecule has 0 radical (unpaired) electrons. The molecule has 1 unspecified atom stereocenters. The van der Waals surface area contributed by atoms with Gasteiger partial charge < -0.3 is 5.73 Å². The van der Waals surface area contributed by atoms with Crippen LogP contribution in [0, 0.1) is 0 Å². The predicted molar refractivity (Wildman–Crippen MR) is 49.8 cm³/mol. The fourth-order valence-electron chi connectivity index (χ4n) is 1.17. The fourth-order valence-corrected chi connectivity index (χ4v) is 1.17. The fraction of sp³-hybridized carbons (Fsp3) is 0.300. The van der Waals surface area contributed by atoms with Crippen molar-refractivity contribution in [2.45, 2.75) is 18.3 Å². The van der Waals surface area contributed by atoms with Crippen molar-refractivity contribution in [3.05, 3.63) is 35.4 Å². The molecule has 1 amide bonds. The second-order valence-electron chi connectivity index (χ2n) is 3.47. The van der Waals surface area contributed by atoms with Crippen molar-refractivity contribution in [3.63, 3.8) is 0 Å². The average Bonchev–Trinajstić information content (AvgIpc) is 2.26. The molecule has 2 N–H and O–H groups in total. The molecule has 0 spiro atoms. The van der Waals surface area contributed by atoms with Gasteiger partial charge >= 0.3 is 12.1 Å². The van der Waals surface area contributed by atoms with E-state index in [0.29, 0.717) is 12.1 Å². The van der Waals surface area contributed by atoms with Crippen LogP contribution < -0.4 is 5.73 Å². The zero-order valence-electron chi connectivity index (χ0n) is 8.64. The second kappa shape index (κ2) is 4.51. The monoisotopic (exact) mass is 271 g/mol. The highest BCUT2D eigenvalue weighted by Gasteiger charge is 2.63. The Morgan fingerprint density at radius 1 is 1.06 bits per heavy atom. The lowest BCUT2D eigenvalue weighted by Crippen LogP contribution is -2.40. The van der Waals surface area contributed by atoms with Gasteiger partial charge in [0.05, 0.1) is 0 Å². The third-order valence-corrected chi connectivity index (χ3v) is 2.18. The first-order chi connectivity index (χ1) is 8.07. The lowest BCUT2D eigenvalue weighted by atomic mass is 10.0. The van der Waals surface area contributed by atoms with Crippen LogP contribution in [0.5, 0.6) is 0 Å². The van der Waals surface area contributed by atoms with Gasteiger partial charge in [-0.05, 0) is 17.7 Å². The van der Waals surface area contributed by atoms with Gasteiger partial charge in [-0.15, -0.1) is 0 Å². The Hall–Kier alpha value is -1.73.